The van der Waals surface area contributed by atoms with Gasteiger partial charge in [-0.15, -0.1) is 0 Å². The molecule has 0 radical (unpaired) electrons. The van der Waals surface area contributed by atoms with Crippen molar-refractivity contribution in [1.82, 2.24) is 14.9 Å². The molecule has 1 atom stereocenters. The van der Waals surface area contributed by atoms with Crippen molar-refractivity contribution in [2.75, 3.05) is 13.1 Å². The standard InChI is InChI=1S/C28H26FN3O2/c29-24-10-4-8-21(14-24)15-25-17-22(11-12-30-25)28(33)32-13-5-9-23(19-32)27-31-18-26(34-27)16-20-6-2-1-3-7-20/h1-4,6-8,10-12,14,17-18,23H,5,9,13,15-16,19H2. The summed E-state index contributed by atoms with van der Waals surface area (Å²) >= 11 is 0. The van der Waals surface area contributed by atoms with Gasteiger partial charge in [-0.2, -0.15) is 0 Å². The van der Waals surface area contributed by atoms with Crippen molar-refractivity contribution in [2.24, 2.45) is 0 Å². The van der Waals surface area contributed by atoms with Crippen LogP contribution in [0, 0.1) is 5.82 Å². The van der Waals surface area contributed by atoms with Crippen LogP contribution in [0.5, 0.6) is 0 Å². The number of oxazole rings is 1. The van der Waals surface area contributed by atoms with Crippen molar-refractivity contribution >= 4 is 5.91 Å². The van der Waals surface area contributed by atoms with E-state index in [1.54, 1.807) is 30.6 Å². The van der Waals surface area contributed by atoms with Crippen LogP contribution in [0.3, 0.4) is 0 Å². The number of halogens is 1. The Morgan fingerprint density at radius 3 is 2.71 bits per heavy atom. The van der Waals surface area contributed by atoms with Crippen LogP contribution in [0.25, 0.3) is 0 Å². The first-order chi connectivity index (χ1) is 16.6. The van der Waals surface area contributed by atoms with Crippen LogP contribution in [0.1, 0.15) is 57.6 Å². The highest BCUT2D eigenvalue weighted by molar-refractivity contribution is 5.94. The molecule has 0 N–H and O–H groups in total. The summed E-state index contributed by atoms with van der Waals surface area (Å²) in [7, 11) is 0. The third-order valence-electron chi connectivity index (χ3n) is 6.19. The Labute approximate surface area is 198 Å². The Morgan fingerprint density at radius 2 is 1.85 bits per heavy atom. The van der Waals surface area contributed by atoms with E-state index in [9.17, 15) is 9.18 Å². The van der Waals surface area contributed by atoms with E-state index in [4.69, 9.17) is 4.42 Å². The molecule has 0 bridgehead atoms. The highest BCUT2D eigenvalue weighted by Crippen LogP contribution is 2.28. The lowest BCUT2D eigenvalue weighted by atomic mass is 9.97. The highest BCUT2D eigenvalue weighted by atomic mass is 19.1. The zero-order chi connectivity index (χ0) is 23.3. The molecule has 0 spiro atoms. The molecular weight excluding hydrogens is 429 g/mol. The van der Waals surface area contributed by atoms with E-state index >= 15 is 0 Å². The van der Waals surface area contributed by atoms with Gasteiger partial charge in [-0.1, -0.05) is 42.5 Å². The van der Waals surface area contributed by atoms with Gasteiger partial charge in [0.25, 0.3) is 5.91 Å². The van der Waals surface area contributed by atoms with Crippen molar-refractivity contribution < 1.29 is 13.6 Å². The Hall–Kier alpha value is -3.80. The first-order valence-corrected chi connectivity index (χ1v) is 11.6. The summed E-state index contributed by atoms with van der Waals surface area (Å²) in [5.74, 6) is 1.31. The predicted molar refractivity (Wildman–Crippen MR) is 127 cm³/mol. The number of nitrogens with zero attached hydrogens (tertiary/aromatic N) is 3. The molecule has 1 aliphatic heterocycles. The molecule has 172 valence electrons. The van der Waals surface area contributed by atoms with Gasteiger partial charge < -0.3 is 9.32 Å². The lowest BCUT2D eigenvalue weighted by molar-refractivity contribution is 0.0697. The summed E-state index contributed by atoms with van der Waals surface area (Å²) < 4.78 is 19.6. The van der Waals surface area contributed by atoms with Gasteiger partial charge in [0.1, 0.15) is 11.6 Å². The van der Waals surface area contributed by atoms with Gasteiger partial charge in [0.15, 0.2) is 5.89 Å². The number of amides is 1. The second-order valence-electron chi connectivity index (χ2n) is 8.76. The van der Waals surface area contributed by atoms with Crippen LogP contribution in [-0.2, 0) is 12.8 Å². The lowest BCUT2D eigenvalue weighted by Crippen LogP contribution is -2.39. The van der Waals surface area contributed by atoms with Crippen LogP contribution in [0.15, 0.2) is 83.5 Å². The van der Waals surface area contributed by atoms with Gasteiger partial charge in [-0.05, 0) is 48.2 Å². The summed E-state index contributed by atoms with van der Waals surface area (Å²) in [6.45, 7) is 1.28. The van der Waals surface area contributed by atoms with Crippen LogP contribution in [-0.4, -0.2) is 33.9 Å². The number of rotatable bonds is 6. The topological polar surface area (TPSA) is 59.2 Å². The van der Waals surface area contributed by atoms with Gasteiger partial charge in [0.05, 0.1) is 12.1 Å². The SMILES string of the molecule is O=C(c1ccnc(Cc2cccc(F)c2)c1)N1CCCC(c2ncc(Cc3ccccc3)o2)C1. The minimum Gasteiger partial charge on any atom is -0.445 e. The van der Waals surface area contributed by atoms with Gasteiger partial charge in [-0.25, -0.2) is 9.37 Å². The first-order valence-electron chi connectivity index (χ1n) is 11.6. The van der Waals surface area contributed by atoms with Crippen LogP contribution in [0.4, 0.5) is 4.39 Å². The molecule has 2 aromatic carbocycles. The van der Waals surface area contributed by atoms with Crippen LogP contribution in [0.2, 0.25) is 0 Å². The van der Waals surface area contributed by atoms with Crippen LogP contribution < -0.4 is 0 Å². The zero-order valence-electron chi connectivity index (χ0n) is 18.9. The fourth-order valence-corrected chi connectivity index (χ4v) is 4.50. The second kappa shape index (κ2) is 10.00. The highest BCUT2D eigenvalue weighted by Gasteiger charge is 2.28. The van der Waals surface area contributed by atoms with E-state index in [0.29, 0.717) is 37.4 Å². The Morgan fingerprint density at radius 1 is 1.00 bits per heavy atom. The van der Waals surface area contributed by atoms with E-state index in [1.165, 1.54) is 17.7 Å². The number of hydrogen-bond donors (Lipinski definition) is 0. The van der Waals surface area contributed by atoms with E-state index in [2.05, 4.69) is 22.1 Å². The predicted octanol–water partition coefficient (Wildman–Crippen LogP) is 5.41. The minimum atomic E-state index is -0.275. The van der Waals surface area contributed by atoms with Gasteiger partial charge >= 0.3 is 0 Å². The second-order valence-corrected chi connectivity index (χ2v) is 8.76. The minimum absolute atomic E-state index is 0.0244. The van der Waals surface area contributed by atoms with E-state index in [-0.39, 0.29) is 17.6 Å². The molecule has 1 aliphatic rings. The van der Waals surface area contributed by atoms with Gasteiger partial charge in [-0.3, -0.25) is 9.78 Å². The Balaban J connectivity index is 1.25. The molecule has 0 saturated carbocycles. The number of pyridine rings is 1. The smallest absolute Gasteiger partial charge is 0.253 e. The molecule has 2 aromatic heterocycles. The molecule has 34 heavy (non-hydrogen) atoms. The quantitative estimate of drug-likeness (QED) is 0.390. The molecule has 3 heterocycles. The van der Waals surface area contributed by atoms with Crippen LogP contribution >= 0.6 is 0 Å². The van der Waals surface area contributed by atoms with Crippen molar-refractivity contribution in [3.63, 3.8) is 0 Å². The number of carbonyl (C=O) groups excluding carboxylic acids is 1. The monoisotopic (exact) mass is 455 g/mol. The van der Waals surface area contributed by atoms with Crippen molar-refractivity contribution in [2.45, 2.75) is 31.6 Å². The zero-order valence-corrected chi connectivity index (χ0v) is 18.9. The number of aromatic nitrogens is 2. The fourth-order valence-electron chi connectivity index (χ4n) is 4.50. The maximum Gasteiger partial charge on any atom is 0.253 e. The first kappa shape index (κ1) is 22.0. The number of carbonyl (C=O) groups is 1. The van der Waals surface area contributed by atoms with E-state index < -0.39 is 0 Å². The summed E-state index contributed by atoms with van der Waals surface area (Å²) in [4.78, 5) is 24.0. The van der Waals surface area contributed by atoms with Crippen molar-refractivity contribution in [3.05, 3.63) is 119 Å². The molecule has 6 heteroatoms. The van der Waals surface area contributed by atoms with Gasteiger partial charge in [0, 0.05) is 43.4 Å². The average molecular weight is 456 g/mol. The number of piperidine rings is 1. The molecule has 1 amide bonds. The van der Waals surface area contributed by atoms with Crippen molar-refractivity contribution in [1.29, 1.82) is 0 Å². The molecule has 1 unspecified atom stereocenters. The fraction of sp³-hybridized carbons (Fsp3) is 0.250. The van der Waals surface area contributed by atoms with E-state index in [1.807, 2.05) is 29.2 Å². The van der Waals surface area contributed by atoms with Gasteiger partial charge in [0.2, 0.25) is 0 Å². The molecule has 1 saturated heterocycles. The number of hydrogen-bond acceptors (Lipinski definition) is 4. The summed E-state index contributed by atoms with van der Waals surface area (Å²) in [6.07, 6.45) is 6.46. The third kappa shape index (κ3) is 5.22. The molecule has 0 aliphatic carbocycles. The maximum atomic E-state index is 13.5. The third-order valence-corrected chi connectivity index (χ3v) is 6.19. The molecule has 5 rings (SSSR count). The van der Waals surface area contributed by atoms with Crippen molar-refractivity contribution in [3.8, 4) is 0 Å². The Bertz CT molecular complexity index is 1270. The molecule has 5 nitrogen and oxygen atoms in total. The summed E-state index contributed by atoms with van der Waals surface area (Å²) in [5, 5.41) is 0. The molecule has 1 fully saturated rings. The largest absolute Gasteiger partial charge is 0.445 e. The lowest BCUT2D eigenvalue weighted by Gasteiger charge is -2.31. The number of likely N-dealkylation sites (tertiary alicyclic amines) is 1. The maximum absolute atomic E-state index is 13.5. The molecule has 4 aromatic rings. The Kier molecular flexibility index (Phi) is 6.47. The van der Waals surface area contributed by atoms with E-state index in [0.717, 1.165) is 29.9 Å². The normalized spacial score (nSPS) is 15.9. The molecular formula is C28H26FN3O2. The summed E-state index contributed by atoms with van der Waals surface area (Å²) in [5.41, 5.74) is 3.34. The summed E-state index contributed by atoms with van der Waals surface area (Å²) in [6, 6.07) is 20.2. The number of benzene rings is 2. The average Bonchev–Trinajstić information content (AvgIpc) is 3.33.